The second-order valence-corrected chi connectivity index (χ2v) is 3.25. The van der Waals surface area contributed by atoms with Crippen molar-refractivity contribution in [3.05, 3.63) is 24.8 Å². The standard InChI is InChI=1S/C12H20O2/c1-4-6-7-8-11(3)9-10-14-12(13)5-2/h4H,1,3,5-10H2,2H3. The number of carbonyl (C=O) groups is 1. The van der Waals surface area contributed by atoms with Crippen molar-refractivity contribution in [2.75, 3.05) is 6.61 Å². The Morgan fingerprint density at radius 3 is 2.71 bits per heavy atom. The summed E-state index contributed by atoms with van der Waals surface area (Å²) in [4.78, 5) is 10.8. The van der Waals surface area contributed by atoms with Crippen LogP contribution < -0.4 is 0 Å². The second-order valence-electron chi connectivity index (χ2n) is 3.25. The molecule has 0 radical (unpaired) electrons. The predicted octanol–water partition coefficient (Wildman–Crippen LogP) is 3.24. The molecule has 0 atom stereocenters. The number of hydrogen-bond donors (Lipinski definition) is 0. The van der Waals surface area contributed by atoms with E-state index < -0.39 is 0 Å². The Bertz CT molecular complexity index is 194. The first-order valence-corrected chi connectivity index (χ1v) is 5.13. The molecule has 14 heavy (non-hydrogen) atoms. The van der Waals surface area contributed by atoms with Crippen molar-refractivity contribution in [1.29, 1.82) is 0 Å². The van der Waals surface area contributed by atoms with Crippen LogP contribution in [-0.4, -0.2) is 12.6 Å². The molecule has 0 aliphatic heterocycles. The van der Waals surface area contributed by atoms with Gasteiger partial charge >= 0.3 is 5.97 Å². The molecule has 0 amide bonds. The lowest BCUT2D eigenvalue weighted by molar-refractivity contribution is -0.143. The molecule has 0 aliphatic carbocycles. The number of ether oxygens (including phenoxy) is 1. The van der Waals surface area contributed by atoms with E-state index in [0.29, 0.717) is 13.0 Å². The summed E-state index contributed by atoms with van der Waals surface area (Å²) >= 11 is 0. The minimum absolute atomic E-state index is 0.135. The van der Waals surface area contributed by atoms with Gasteiger partial charge in [-0.3, -0.25) is 4.79 Å². The zero-order chi connectivity index (χ0) is 10.8. The molecule has 0 bridgehead atoms. The Morgan fingerprint density at radius 2 is 2.14 bits per heavy atom. The molecule has 0 aromatic carbocycles. The number of esters is 1. The Hall–Kier alpha value is -1.05. The van der Waals surface area contributed by atoms with Crippen LogP contribution in [0.3, 0.4) is 0 Å². The molecule has 0 fully saturated rings. The first-order chi connectivity index (χ1) is 6.70. The van der Waals surface area contributed by atoms with E-state index in [1.807, 2.05) is 6.08 Å². The quantitative estimate of drug-likeness (QED) is 0.338. The van der Waals surface area contributed by atoms with E-state index in [-0.39, 0.29) is 5.97 Å². The zero-order valence-electron chi connectivity index (χ0n) is 9.05. The molecule has 0 aromatic rings. The van der Waals surface area contributed by atoms with Crippen LogP contribution in [-0.2, 0) is 9.53 Å². The lowest BCUT2D eigenvalue weighted by Gasteiger charge is -2.05. The Balaban J connectivity index is 3.35. The Morgan fingerprint density at radius 1 is 1.43 bits per heavy atom. The molecule has 0 rings (SSSR count). The van der Waals surface area contributed by atoms with E-state index >= 15 is 0 Å². The number of hydrogen-bond acceptors (Lipinski definition) is 2. The molecule has 80 valence electrons. The number of carbonyl (C=O) groups excluding carboxylic acids is 1. The monoisotopic (exact) mass is 196 g/mol. The van der Waals surface area contributed by atoms with Crippen LogP contribution in [0.1, 0.15) is 39.0 Å². The van der Waals surface area contributed by atoms with E-state index in [9.17, 15) is 4.79 Å². The van der Waals surface area contributed by atoms with Crippen molar-refractivity contribution < 1.29 is 9.53 Å². The van der Waals surface area contributed by atoms with Crippen molar-refractivity contribution in [2.24, 2.45) is 0 Å². The molecule has 0 N–H and O–H groups in total. The van der Waals surface area contributed by atoms with Gasteiger partial charge in [0.2, 0.25) is 0 Å². The predicted molar refractivity (Wildman–Crippen MR) is 59.1 cm³/mol. The van der Waals surface area contributed by atoms with Gasteiger partial charge in [-0.2, -0.15) is 0 Å². The van der Waals surface area contributed by atoms with Gasteiger partial charge in [0, 0.05) is 12.8 Å². The van der Waals surface area contributed by atoms with Gasteiger partial charge in [0.25, 0.3) is 0 Å². The summed E-state index contributed by atoms with van der Waals surface area (Å²) in [6.07, 6.45) is 6.24. The zero-order valence-corrected chi connectivity index (χ0v) is 9.05. The average Bonchev–Trinajstić information content (AvgIpc) is 2.18. The fraction of sp³-hybridized carbons (Fsp3) is 0.583. The topological polar surface area (TPSA) is 26.3 Å². The largest absolute Gasteiger partial charge is 0.465 e. The van der Waals surface area contributed by atoms with E-state index in [1.54, 1.807) is 6.92 Å². The van der Waals surface area contributed by atoms with Crippen molar-refractivity contribution in [3.63, 3.8) is 0 Å². The molecule has 0 spiro atoms. The first-order valence-electron chi connectivity index (χ1n) is 5.13. The van der Waals surface area contributed by atoms with E-state index in [0.717, 1.165) is 31.3 Å². The van der Waals surface area contributed by atoms with Crippen LogP contribution in [0.25, 0.3) is 0 Å². The molecule has 0 unspecified atom stereocenters. The first kappa shape index (κ1) is 12.9. The normalized spacial score (nSPS) is 9.50. The second kappa shape index (κ2) is 8.54. The third kappa shape index (κ3) is 7.59. The van der Waals surface area contributed by atoms with Gasteiger partial charge in [0.05, 0.1) is 6.61 Å². The molecule has 0 heterocycles. The fourth-order valence-corrected chi connectivity index (χ4v) is 1.03. The summed E-state index contributed by atoms with van der Waals surface area (Å²) in [7, 11) is 0. The van der Waals surface area contributed by atoms with Crippen molar-refractivity contribution in [1.82, 2.24) is 0 Å². The highest BCUT2D eigenvalue weighted by Crippen LogP contribution is 2.09. The highest BCUT2D eigenvalue weighted by Gasteiger charge is 1.99. The van der Waals surface area contributed by atoms with Crippen LogP contribution in [0.5, 0.6) is 0 Å². The molecule has 0 saturated heterocycles. The Labute approximate surface area is 86.6 Å². The van der Waals surface area contributed by atoms with Crippen LogP contribution in [0.2, 0.25) is 0 Å². The molecule has 0 aromatic heterocycles. The van der Waals surface area contributed by atoms with Crippen LogP contribution in [0.4, 0.5) is 0 Å². The van der Waals surface area contributed by atoms with Crippen molar-refractivity contribution in [3.8, 4) is 0 Å². The van der Waals surface area contributed by atoms with Gasteiger partial charge in [-0.1, -0.05) is 25.2 Å². The summed E-state index contributed by atoms with van der Waals surface area (Å²) < 4.78 is 4.95. The minimum Gasteiger partial charge on any atom is -0.465 e. The third-order valence-electron chi connectivity index (χ3n) is 1.95. The van der Waals surface area contributed by atoms with Crippen LogP contribution >= 0.6 is 0 Å². The van der Waals surface area contributed by atoms with Gasteiger partial charge < -0.3 is 4.74 Å². The third-order valence-corrected chi connectivity index (χ3v) is 1.95. The fourth-order valence-electron chi connectivity index (χ4n) is 1.03. The van der Waals surface area contributed by atoms with E-state index in [2.05, 4.69) is 13.2 Å². The van der Waals surface area contributed by atoms with Crippen LogP contribution in [0.15, 0.2) is 24.8 Å². The van der Waals surface area contributed by atoms with Crippen molar-refractivity contribution in [2.45, 2.75) is 39.0 Å². The summed E-state index contributed by atoms with van der Waals surface area (Å²) in [6.45, 7) is 9.84. The maximum atomic E-state index is 10.8. The van der Waals surface area contributed by atoms with Crippen molar-refractivity contribution >= 4 is 5.97 Å². The maximum absolute atomic E-state index is 10.8. The van der Waals surface area contributed by atoms with Gasteiger partial charge in [-0.05, 0) is 19.3 Å². The van der Waals surface area contributed by atoms with Gasteiger partial charge in [0.15, 0.2) is 0 Å². The SMILES string of the molecule is C=CCCCC(=C)CCOC(=O)CC. The van der Waals surface area contributed by atoms with Crippen LogP contribution in [0, 0.1) is 0 Å². The van der Waals surface area contributed by atoms with E-state index in [4.69, 9.17) is 4.74 Å². The molecular formula is C12H20O2. The summed E-state index contributed by atoms with van der Waals surface area (Å²) in [5.74, 6) is -0.135. The molecular weight excluding hydrogens is 176 g/mol. The lowest BCUT2D eigenvalue weighted by atomic mass is 10.1. The summed E-state index contributed by atoms with van der Waals surface area (Å²) in [6, 6.07) is 0. The molecule has 2 heteroatoms. The number of allylic oxidation sites excluding steroid dienone is 1. The van der Waals surface area contributed by atoms with Gasteiger partial charge in [-0.25, -0.2) is 0 Å². The van der Waals surface area contributed by atoms with Gasteiger partial charge in [0.1, 0.15) is 0 Å². The highest BCUT2D eigenvalue weighted by molar-refractivity contribution is 5.68. The molecule has 0 aliphatic rings. The summed E-state index contributed by atoms with van der Waals surface area (Å²) in [5, 5.41) is 0. The minimum atomic E-state index is -0.135. The van der Waals surface area contributed by atoms with E-state index in [1.165, 1.54) is 0 Å². The smallest absolute Gasteiger partial charge is 0.305 e. The number of unbranched alkanes of at least 4 members (excludes halogenated alkanes) is 1. The maximum Gasteiger partial charge on any atom is 0.305 e. The Kier molecular flexibility index (Phi) is 7.90. The average molecular weight is 196 g/mol. The molecule has 0 saturated carbocycles. The lowest BCUT2D eigenvalue weighted by Crippen LogP contribution is -2.04. The number of rotatable bonds is 8. The highest BCUT2D eigenvalue weighted by atomic mass is 16.5. The summed E-state index contributed by atoms with van der Waals surface area (Å²) in [5.41, 5.74) is 1.15. The van der Waals surface area contributed by atoms with Gasteiger partial charge in [-0.15, -0.1) is 6.58 Å². The molecule has 2 nitrogen and oxygen atoms in total.